The molecule has 5 nitrogen and oxygen atoms in total. The standard InChI is InChI=1S/C7H14N2O3S/c1-9-6(10)2-3-13-4-5(8)7(11)12/h5H,2-4,8H2,1H3,(H,9,10)(H,11,12). The van der Waals surface area contributed by atoms with Gasteiger partial charge in [-0.2, -0.15) is 11.8 Å². The van der Waals surface area contributed by atoms with Crippen LogP contribution >= 0.6 is 11.8 Å². The minimum atomic E-state index is -1.01. The first-order valence-corrected chi connectivity index (χ1v) is 5.00. The minimum absolute atomic E-state index is 0.0450. The van der Waals surface area contributed by atoms with Crippen molar-refractivity contribution in [3.63, 3.8) is 0 Å². The summed E-state index contributed by atoms with van der Waals surface area (Å²) in [5.74, 6) is -0.115. The lowest BCUT2D eigenvalue weighted by Crippen LogP contribution is -2.32. The number of nitrogens with one attached hydrogen (secondary N) is 1. The number of nitrogens with two attached hydrogens (primary N) is 1. The number of amides is 1. The SMILES string of the molecule is CNC(=O)CCSCC(N)C(=O)O. The molecule has 0 aromatic carbocycles. The molecule has 0 rings (SSSR count). The average molecular weight is 206 g/mol. The molecule has 13 heavy (non-hydrogen) atoms. The van der Waals surface area contributed by atoms with Crippen LogP contribution in [-0.4, -0.2) is 41.6 Å². The molecule has 76 valence electrons. The van der Waals surface area contributed by atoms with Gasteiger partial charge in [0.25, 0.3) is 0 Å². The molecule has 0 aromatic heterocycles. The smallest absolute Gasteiger partial charge is 0.321 e. The van der Waals surface area contributed by atoms with Crippen LogP contribution in [0, 0.1) is 0 Å². The van der Waals surface area contributed by atoms with E-state index in [-0.39, 0.29) is 5.91 Å². The Labute approximate surface area is 81.1 Å². The van der Waals surface area contributed by atoms with Gasteiger partial charge in [-0.3, -0.25) is 9.59 Å². The highest BCUT2D eigenvalue weighted by Gasteiger charge is 2.10. The van der Waals surface area contributed by atoms with Crippen LogP contribution in [0.4, 0.5) is 0 Å². The quantitative estimate of drug-likeness (QED) is 0.498. The summed E-state index contributed by atoms with van der Waals surface area (Å²) in [6.07, 6.45) is 0.396. The maximum atomic E-state index is 10.7. The third kappa shape index (κ3) is 6.41. The van der Waals surface area contributed by atoms with Gasteiger partial charge in [-0.15, -0.1) is 0 Å². The van der Waals surface area contributed by atoms with E-state index >= 15 is 0 Å². The van der Waals surface area contributed by atoms with Gasteiger partial charge in [-0.25, -0.2) is 0 Å². The van der Waals surface area contributed by atoms with Crippen LogP contribution in [0.15, 0.2) is 0 Å². The Hall–Kier alpha value is -0.750. The van der Waals surface area contributed by atoms with Crippen molar-refractivity contribution in [2.75, 3.05) is 18.6 Å². The van der Waals surface area contributed by atoms with Crippen LogP contribution in [0.25, 0.3) is 0 Å². The molecule has 0 fully saturated rings. The lowest BCUT2D eigenvalue weighted by molar-refractivity contribution is -0.137. The Morgan fingerprint density at radius 2 is 2.23 bits per heavy atom. The summed E-state index contributed by atoms with van der Waals surface area (Å²) in [4.78, 5) is 21.0. The molecule has 0 spiro atoms. The third-order valence-corrected chi connectivity index (χ3v) is 2.45. The maximum Gasteiger partial charge on any atom is 0.321 e. The predicted molar refractivity (Wildman–Crippen MR) is 51.6 cm³/mol. The summed E-state index contributed by atoms with van der Waals surface area (Å²) in [6, 6.07) is -0.838. The number of carboxylic acid groups (broad SMARTS) is 1. The fraction of sp³-hybridized carbons (Fsp3) is 0.714. The second-order valence-electron chi connectivity index (χ2n) is 2.44. The number of carbonyl (C=O) groups excluding carboxylic acids is 1. The zero-order valence-electron chi connectivity index (χ0n) is 7.45. The molecular weight excluding hydrogens is 192 g/mol. The molecule has 0 aromatic rings. The van der Waals surface area contributed by atoms with Crippen molar-refractivity contribution in [3.8, 4) is 0 Å². The van der Waals surface area contributed by atoms with Crippen molar-refractivity contribution in [2.24, 2.45) is 5.73 Å². The van der Waals surface area contributed by atoms with E-state index in [0.29, 0.717) is 17.9 Å². The minimum Gasteiger partial charge on any atom is -0.480 e. The Morgan fingerprint density at radius 1 is 1.62 bits per heavy atom. The number of carboxylic acids is 1. The molecule has 0 aliphatic carbocycles. The molecule has 0 aliphatic rings. The van der Waals surface area contributed by atoms with Gasteiger partial charge in [-0.05, 0) is 0 Å². The molecule has 0 saturated carbocycles. The number of thioether (sulfide) groups is 1. The molecule has 0 saturated heterocycles. The molecule has 1 atom stereocenters. The summed E-state index contributed by atoms with van der Waals surface area (Å²) >= 11 is 1.37. The predicted octanol–water partition coefficient (Wildman–Crippen LogP) is -0.732. The number of aliphatic carboxylic acids is 1. The summed E-state index contributed by atoms with van der Waals surface area (Å²) in [6.45, 7) is 0. The van der Waals surface area contributed by atoms with Crippen molar-refractivity contribution < 1.29 is 14.7 Å². The van der Waals surface area contributed by atoms with E-state index in [1.807, 2.05) is 0 Å². The Kier molecular flexibility index (Phi) is 6.34. The van der Waals surface area contributed by atoms with E-state index in [2.05, 4.69) is 5.32 Å². The zero-order chi connectivity index (χ0) is 10.3. The molecule has 0 aliphatic heterocycles. The molecule has 0 heterocycles. The van der Waals surface area contributed by atoms with E-state index in [9.17, 15) is 9.59 Å². The van der Waals surface area contributed by atoms with Crippen molar-refractivity contribution in [1.82, 2.24) is 5.32 Å². The second-order valence-corrected chi connectivity index (χ2v) is 3.59. The molecular formula is C7H14N2O3S. The summed E-state index contributed by atoms with van der Waals surface area (Å²) in [5.41, 5.74) is 5.24. The molecule has 0 radical (unpaired) electrons. The number of hydrogen-bond acceptors (Lipinski definition) is 4. The van der Waals surface area contributed by atoms with Gasteiger partial charge in [-0.1, -0.05) is 0 Å². The summed E-state index contributed by atoms with van der Waals surface area (Å²) in [7, 11) is 1.57. The Bertz CT molecular complexity index is 187. The third-order valence-electron chi connectivity index (χ3n) is 1.37. The normalized spacial score (nSPS) is 12.2. The van der Waals surface area contributed by atoms with Gasteiger partial charge in [0.05, 0.1) is 0 Å². The molecule has 1 unspecified atom stereocenters. The Balaban J connectivity index is 3.35. The number of rotatable bonds is 6. The van der Waals surface area contributed by atoms with Gasteiger partial charge in [0, 0.05) is 25.0 Å². The van der Waals surface area contributed by atoms with Crippen LogP contribution < -0.4 is 11.1 Å². The van der Waals surface area contributed by atoms with Crippen molar-refractivity contribution in [1.29, 1.82) is 0 Å². The van der Waals surface area contributed by atoms with Crippen LogP contribution in [0.3, 0.4) is 0 Å². The van der Waals surface area contributed by atoms with Crippen molar-refractivity contribution in [3.05, 3.63) is 0 Å². The van der Waals surface area contributed by atoms with Gasteiger partial charge >= 0.3 is 5.97 Å². The van der Waals surface area contributed by atoms with E-state index in [4.69, 9.17) is 10.8 Å². The van der Waals surface area contributed by atoms with E-state index in [1.165, 1.54) is 11.8 Å². The van der Waals surface area contributed by atoms with Gasteiger partial charge < -0.3 is 16.2 Å². The first-order chi connectivity index (χ1) is 6.07. The lowest BCUT2D eigenvalue weighted by Gasteiger charge is -2.04. The average Bonchev–Trinajstić information content (AvgIpc) is 2.11. The number of carbonyl (C=O) groups is 2. The van der Waals surface area contributed by atoms with Gasteiger partial charge in [0.2, 0.25) is 5.91 Å². The van der Waals surface area contributed by atoms with Crippen molar-refractivity contribution >= 4 is 23.6 Å². The zero-order valence-corrected chi connectivity index (χ0v) is 8.26. The maximum absolute atomic E-state index is 10.7. The summed E-state index contributed by atoms with van der Waals surface area (Å²) in [5, 5.41) is 10.9. The van der Waals surface area contributed by atoms with Crippen LogP contribution in [0.5, 0.6) is 0 Å². The van der Waals surface area contributed by atoms with Gasteiger partial charge in [0.1, 0.15) is 6.04 Å². The first kappa shape index (κ1) is 12.2. The highest BCUT2D eigenvalue weighted by molar-refractivity contribution is 7.99. The first-order valence-electron chi connectivity index (χ1n) is 3.84. The molecule has 1 amide bonds. The monoisotopic (exact) mass is 206 g/mol. The Morgan fingerprint density at radius 3 is 2.69 bits per heavy atom. The topological polar surface area (TPSA) is 92.4 Å². The fourth-order valence-electron chi connectivity index (χ4n) is 0.571. The van der Waals surface area contributed by atoms with Crippen LogP contribution in [0.1, 0.15) is 6.42 Å². The van der Waals surface area contributed by atoms with Gasteiger partial charge in [0.15, 0.2) is 0 Å². The highest BCUT2D eigenvalue weighted by atomic mass is 32.2. The van der Waals surface area contributed by atoms with Crippen LogP contribution in [0.2, 0.25) is 0 Å². The number of hydrogen-bond donors (Lipinski definition) is 3. The van der Waals surface area contributed by atoms with Crippen molar-refractivity contribution in [2.45, 2.75) is 12.5 Å². The summed E-state index contributed by atoms with van der Waals surface area (Å²) < 4.78 is 0. The fourth-order valence-corrected chi connectivity index (χ4v) is 1.46. The van der Waals surface area contributed by atoms with E-state index in [1.54, 1.807) is 7.05 Å². The molecule has 6 heteroatoms. The van der Waals surface area contributed by atoms with Crippen LogP contribution in [-0.2, 0) is 9.59 Å². The molecule has 4 N–H and O–H groups in total. The lowest BCUT2D eigenvalue weighted by atomic mass is 10.4. The molecule has 0 bridgehead atoms. The van der Waals surface area contributed by atoms with E-state index in [0.717, 1.165) is 0 Å². The van der Waals surface area contributed by atoms with E-state index < -0.39 is 12.0 Å². The second kappa shape index (κ2) is 6.73. The highest BCUT2D eigenvalue weighted by Crippen LogP contribution is 2.03. The largest absolute Gasteiger partial charge is 0.480 e.